The van der Waals surface area contributed by atoms with Crippen LogP contribution in [0.5, 0.6) is 0 Å². The minimum Gasteiger partial charge on any atom is -0.402 e. The number of rotatable bonds is 0. The van der Waals surface area contributed by atoms with Crippen LogP contribution < -0.4 is 5.73 Å². The summed E-state index contributed by atoms with van der Waals surface area (Å²) in [5.41, 5.74) is 6.36. The van der Waals surface area contributed by atoms with Crippen molar-refractivity contribution in [2.24, 2.45) is 11.7 Å². The second-order valence-electron chi connectivity index (χ2n) is 2.55. The van der Waals surface area contributed by atoms with E-state index in [0.29, 0.717) is 12.2 Å². The molecule has 1 unspecified atom stereocenters. The number of hydrogen-bond donors (Lipinski definition) is 1. The van der Waals surface area contributed by atoms with Crippen LogP contribution in [0.25, 0.3) is 0 Å². The molecule has 0 heterocycles. The first-order valence-electron chi connectivity index (χ1n) is 3.17. The van der Waals surface area contributed by atoms with Gasteiger partial charge in [0.1, 0.15) is 5.78 Å². The molecule has 1 aliphatic carbocycles. The van der Waals surface area contributed by atoms with Crippen LogP contribution in [0.2, 0.25) is 0 Å². The van der Waals surface area contributed by atoms with E-state index in [2.05, 4.69) is 0 Å². The summed E-state index contributed by atoms with van der Waals surface area (Å²) in [6.45, 7) is 1.92. The second kappa shape index (κ2) is 2.21. The summed E-state index contributed by atoms with van der Waals surface area (Å²) < 4.78 is 0. The van der Waals surface area contributed by atoms with Crippen LogP contribution in [0.15, 0.2) is 11.8 Å². The summed E-state index contributed by atoms with van der Waals surface area (Å²) in [4.78, 5) is 10.8. The van der Waals surface area contributed by atoms with Crippen LogP contribution in [0.3, 0.4) is 0 Å². The van der Waals surface area contributed by atoms with Gasteiger partial charge in [0.25, 0.3) is 0 Å². The molecule has 0 aliphatic heterocycles. The highest BCUT2D eigenvalue weighted by molar-refractivity contribution is 5.83. The van der Waals surface area contributed by atoms with E-state index in [-0.39, 0.29) is 5.92 Å². The van der Waals surface area contributed by atoms with Crippen molar-refractivity contribution >= 4 is 5.78 Å². The maximum absolute atomic E-state index is 10.8. The molecule has 0 fully saturated rings. The smallest absolute Gasteiger partial charge is 0.139 e. The number of hydrogen-bond acceptors (Lipinski definition) is 2. The Kier molecular flexibility index (Phi) is 1.56. The zero-order chi connectivity index (χ0) is 6.85. The third-order valence-electron chi connectivity index (χ3n) is 1.66. The van der Waals surface area contributed by atoms with Crippen molar-refractivity contribution in [1.82, 2.24) is 0 Å². The third-order valence-corrected chi connectivity index (χ3v) is 1.66. The van der Waals surface area contributed by atoms with E-state index in [1.54, 1.807) is 0 Å². The van der Waals surface area contributed by atoms with Gasteiger partial charge >= 0.3 is 0 Å². The lowest BCUT2D eigenvalue weighted by molar-refractivity contribution is -0.121. The average molecular weight is 125 g/mol. The zero-order valence-electron chi connectivity index (χ0n) is 5.55. The number of carbonyl (C=O) groups is 1. The van der Waals surface area contributed by atoms with Crippen LogP contribution in [-0.2, 0) is 4.79 Å². The van der Waals surface area contributed by atoms with Crippen LogP contribution in [0.4, 0.5) is 0 Å². The summed E-state index contributed by atoms with van der Waals surface area (Å²) in [6, 6.07) is 0. The van der Waals surface area contributed by atoms with E-state index in [9.17, 15) is 4.79 Å². The minimum absolute atomic E-state index is 0.148. The zero-order valence-corrected chi connectivity index (χ0v) is 5.55. The van der Waals surface area contributed by atoms with Gasteiger partial charge in [-0.2, -0.15) is 0 Å². The summed E-state index contributed by atoms with van der Waals surface area (Å²) >= 11 is 0. The van der Waals surface area contributed by atoms with Gasteiger partial charge in [0.15, 0.2) is 0 Å². The summed E-state index contributed by atoms with van der Waals surface area (Å²) in [6.07, 6.45) is 3.09. The molecule has 0 spiro atoms. The molecule has 9 heavy (non-hydrogen) atoms. The molecule has 1 aliphatic rings. The maximum atomic E-state index is 10.8. The number of allylic oxidation sites excluding steroid dienone is 2. The lowest BCUT2D eigenvalue weighted by Crippen LogP contribution is -2.18. The molecule has 0 saturated heterocycles. The van der Waals surface area contributed by atoms with Crippen LogP contribution >= 0.6 is 0 Å². The van der Waals surface area contributed by atoms with Crippen molar-refractivity contribution in [3.63, 3.8) is 0 Å². The maximum Gasteiger partial charge on any atom is 0.139 e. The van der Waals surface area contributed by atoms with Crippen LogP contribution in [-0.4, -0.2) is 5.78 Å². The van der Waals surface area contributed by atoms with E-state index in [1.165, 1.54) is 0 Å². The quantitative estimate of drug-likeness (QED) is 0.521. The molecule has 2 nitrogen and oxygen atoms in total. The molecular formula is C7H11NO. The van der Waals surface area contributed by atoms with Crippen molar-refractivity contribution < 1.29 is 4.79 Å². The molecule has 0 aromatic rings. The monoisotopic (exact) mass is 125 g/mol. The lowest BCUT2D eigenvalue weighted by atomic mass is 9.93. The largest absolute Gasteiger partial charge is 0.402 e. The van der Waals surface area contributed by atoms with Gasteiger partial charge in [-0.05, 0) is 6.42 Å². The molecule has 1 atom stereocenters. The Morgan fingerprint density at radius 1 is 1.78 bits per heavy atom. The van der Waals surface area contributed by atoms with E-state index < -0.39 is 0 Å². The average Bonchev–Trinajstić information content (AvgIpc) is 1.80. The van der Waals surface area contributed by atoms with Gasteiger partial charge in [-0.1, -0.05) is 13.0 Å². The van der Waals surface area contributed by atoms with Crippen molar-refractivity contribution in [2.75, 3.05) is 0 Å². The van der Waals surface area contributed by atoms with E-state index in [0.717, 1.165) is 12.1 Å². The molecule has 0 amide bonds. The van der Waals surface area contributed by atoms with Gasteiger partial charge in [-0.25, -0.2) is 0 Å². The Hall–Kier alpha value is -0.790. The SMILES string of the molecule is CC1CC(N)=CCC1=O. The number of Topliss-reactive ketones (excluding diaryl/α,β-unsaturated/α-hetero) is 1. The van der Waals surface area contributed by atoms with Crippen LogP contribution in [0.1, 0.15) is 19.8 Å². The normalized spacial score (nSPS) is 27.9. The Balaban J connectivity index is 2.65. The predicted molar refractivity (Wildman–Crippen MR) is 35.7 cm³/mol. The second-order valence-corrected chi connectivity index (χ2v) is 2.55. The molecule has 1 rings (SSSR count). The van der Waals surface area contributed by atoms with E-state index in [1.807, 2.05) is 13.0 Å². The highest BCUT2D eigenvalue weighted by Gasteiger charge is 2.16. The molecule has 0 bridgehead atoms. The molecule has 50 valence electrons. The first kappa shape index (κ1) is 6.33. The number of nitrogens with two attached hydrogens (primary N) is 1. The van der Waals surface area contributed by atoms with Crippen molar-refractivity contribution in [1.29, 1.82) is 0 Å². The summed E-state index contributed by atoms with van der Waals surface area (Å²) in [5, 5.41) is 0. The van der Waals surface area contributed by atoms with Gasteiger partial charge in [-0.15, -0.1) is 0 Å². The van der Waals surface area contributed by atoms with Crippen molar-refractivity contribution in [3.05, 3.63) is 11.8 Å². The Morgan fingerprint density at radius 3 is 2.89 bits per heavy atom. The Labute approximate surface area is 54.7 Å². The fourth-order valence-corrected chi connectivity index (χ4v) is 0.984. The first-order chi connectivity index (χ1) is 4.20. The first-order valence-corrected chi connectivity index (χ1v) is 3.17. The molecule has 0 radical (unpaired) electrons. The van der Waals surface area contributed by atoms with Gasteiger partial charge in [-0.3, -0.25) is 4.79 Å². The number of ketones is 1. The Bertz CT molecular complexity index is 160. The van der Waals surface area contributed by atoms with Crippen LogP contribution in [0, 0.1) is 5.92 Å². The Morgan fingerprint density at radius 2 is 2.44 bits per heavy atom. The fourth-order valence-electron chi connectivity index (χ4n) is 0.984. The number of carbonyl (C=O) groups excluding carboxylic acids is 1. The van der Waals surface area contributed by atoms with Crippen molar-refractivity contribution in [2.45, 2.75) is 19.8 Å². The predicted octanol–water partition coefficient (Wildman–Crippen LogP) is 0.828. The molecular weight excluding hydrogens is 114 g/mol. The van der Waals surface area contributed by atoms with Gasteiger partial charge in [0, 0.05) is 18.0 Å². The summed E-state index contributed by atoms with van der Waals surface area (Å²) in [5.74, 6) is 0.458. The highest BCUT2D eigenvalue weighted by Crippen LogP contribution is 2.16. The molecule has 0 aromatic heterocycles. The van der Waals surface area contributed by atoms with Gasteiger partial charge in [0.2, 0.25) is 0 Å². The van der Waals surface area contributed by atoms with Gasteiger partial charge in [0.05, 0.1) is 0 Å². The molecule has 0 aromatic carbocycles. The molecule has 0 saturated carbocycles. The standard InChI is InChI=1S/C7H11NO/c1-5-4-6(8)2-3-7(5)9/h2,5H,3-4,8H2,1H3. The molecule has 2 heteroatoms. The molecule has 2 N–H and O–H groups in total. The van der Waals surface area contributed by atoms with E-state index >= 15 is 0 Å². The summed E-state index contributed by atoms with van der Waals surface area (Å²) in [7, 11) is 0. The minimum atomic E-state index is 0.148. The van der Waals surface area contributed by atoms with Gasteiger partial charge < -0.3 is 5.73 Å². The fraction of sp³-hybridized carbons (Fsp3) is 0.571. The lowest BCUT2D eigenvalue weighted by Gasteiger charge is -2.13. The van der Waals surface area contributed by atoms with E-state index in [4.69, 9.17) is 5.73 Å². The topological polar surface area (TPSA) is 43.1 Å². The third kappa shape index (κ3) is 1.31. The van der Waals surface area contributed by atoms with Crippen molar-refractivity contribution in [3.8, 4) is 0 Å². The highest BCUT2D eigenvalue weighted by atomic mass is 16.1.